The fraction of sp³-hybridized carbons (Fsp3) is 0.364. The second-order valence-corrected chi connectivity index (χ2v) is 6.72. The van der Waals surface area contributed by atoms with Crippen molar-refractivity contribution in [2.75, 3.05) is 6.54 Å². The highest BCUT2D eigenvalue weighted by Crippen LogP contribution is 2.19. The van der Waals surface area contributed by atoms with E-state index in [1.807, 2.05) is 6.92 Å². The van der Waals surface area contributed by atoms with E-state index in [2.05, 4.69) is 20.2 Å². The highest BCUT2D eigenvalue weighted by Gasteiger charge is 2.15. The van der Waals surface area contributed by atoms with Crippen LogP contribution in [0.5, 0.6) is 0 Å². The average Bonchev–Trinajstić information content (AvgIpc) is 3.05. The van der Waals surface area contributed by atoms with Gasteiger partial charge >= 0.3 is 0 Å². The number of sulfonamides is 1. The molecule has 0 unspecified atom stereocenters. The third-order valence-corrected chi connectivity index (χ3v) is 4.98. The molecule has 0 amide bonds. The van der Waals surface area contributed by atoms with Gasteiger partial charge in [0.2, 0.25) is 10.0 Å². The molecule has 2 rings (SSSR count). The zero-order valence-electron chi connectivity index (χ0n) is 10.5. The molecule has 6 nitrogen and oxygen atoms in total. The number of aromatic amines is 1. The first kappa shape index (κ1) is 14.2. The van der Waals surface area contributed by atoms with Gasteiger partial charge in [0.25, 0.3) is 0 Å². The summed E-state index contributed by atoms with van der Waals surface area (Å²) in [4.78, 5) is 1.32. The molecule has 0 spiro atoms. The largest absolute Gasteiger partial charge is 0.312 e. The van der Waals surface area contributed by atoms with E-state index in [-0.39, 0.29) is 6.54 Å². The van der Waals surface area contributed by atoms with Crippen LogP contribution in [0.1, 0.15) is 17.4 Å². The number of hydrogen-bond acceptors (Lipinski definition) is 5. The van der Waals surface area contributed by atoms with Crippen LogP contribution >= 0.6 is 11.3 Å². The Balaban J connectivity index is 2.00. The van der Waals surface area contributed by atoms with Crippen LogP contribution in [0.25, 0.3) is 0 Å². The van der Waals surface area contributed by atoms with Crippen LogP contribution in [-0.4, -0.2) is 25.2 Å². The second-order valence-electron chi connectivity index (χ2n) is 3.96. The molecule has 2 aromatic heterocycles. The summed E-state index contributed by atoms with van der Waals surface area (Å²) in [6.07, 6.45) is 3.25. The second kappa shape index (κ2) is 6.29. The normalized spacial score (nSPS) is 11.8. The number of nitrogens with zero attached hydrogens (tertiary/aromatic N) is 1. The molecule has 0 aliphatic rings. The summed E-state index contributed by atoms with van der Waals surface area (Å²) in [5, 5.41) is 11.2. The van der Waals surface area contributed by atoms with Gasteiger partial charge < -0.3 is 5.32 Å². The van der Waals surface area contributed by atoms with Gasteiger partial charge in [-0.25, -0.2) is 13.1 Å². The summed E-state index contributed by atoms with van der Waals surface area (Å²) in [6, 6.07) is 1.70. The van der Waals surface area contributed by atoms with Crippen molar-refractivity contribution in [3.63, 3.8) is 0 Å². The molecule has 3 N–H and O–H groups in total. The number of H-pyrrole nitrogens is 1. The zero-order valence-corrected chi connectivity index (χ0v) is 12.1. The lowest BCUT2D eigenvalue weighted by atomic mass is 10.4. The van der Waals surface area contributed by atoms with Gasteiger partial charge in [-0.05, 0) is 12.6 Å². The summed E-state index contributed by atoms with van der Waals surface area (Å²) < 4.78 is 26.7. The average molecular weight is 300 g/mol. The number of thiophene rings is 1. The van der Waals surface area contributed by atoms with Crippen molar-refractivity contribution in [2.45, 2.75) is 24.9 Å². The van der Waals surface area contributed by atoms with Crippen LogP contribution in [0.2, 0.25) is 0 Å². The first-order chi connectivity index (χ1) is 9.12. The van der Waals surface area contributed by atoms with Crippen LogP contribution in [0.3, 0.4) is 0 Å². The Hall–Kier alpha value is -1.22. The van der Waals surface area contributed by atoms with E-state index in [9.17, 15) is 8.42 Å². The molecule has 0 aromatic carbocycles. The monoisotopic (exact) mass is 300 g/mol. The van der Waals surface area contributed by atoms with Crippen LogP contribution < -0.4 is 10.0 Å². The van der Waals surface area contributed by atoms with Gasteiger partial charge in [-0.2, -0.15) is 5.10 Å². The van der Waals surface area contributed by atoms with E-state index in [4.69, 9.17) is 0 Å². The molecule has 0 saturated carbocycles. The van der Waals surface area contributed by atoms with Gasteiger partial charge in [0.1, 0.15) is 0 Å². The van der Waals surface area contributed by atoms with E-state index in [0.29, 0.717) is 11.4 Å². The summed E-state index contributed by atoms with van der Waals surface area (Å²) in [7, 11) is -3.45. The van der Waals surface area contributed by atoms with Crippen molar-refractivity contribution >= 4 is 21.4 Å². The lowest BCUT2D eigenvalue weighted by Crippen LogP contribution is -2.22. The maximum absolute atomic E-state index is 12.1. The fourth-order valence-electron chi connectivity index (χ4n) is 1.48. The lowest BCUT2D eigenvalue weighted by Gasteiger charge is -2.02. The Morgan fingerprint density at radius 1 is 1.42 bits per heavy atom. The Labute approximate surface area is 116 Å². The minimum absolute atomic E-state index is 0.233. The minimum atomic E-state index is -3.45. The summed E-state index contributed by atoms with van der Waals surface area (Å²) in [6.45, 7) is 3.80. The molecular weight excluding hydrogens is 284 g/mol. The highest BCUT2D eigenvalue weighted by molar-refractivity contribution is 7.89. The fourth-order valence-corrected chi connectivity index (χ4v) is 3.74. The molecule has 2 aromatic rings. The summed E-state index contributed by atoms with van der Waals surface area (Å²) in [5.74, 6) is 0. The van der Waals surface area contributed by atoms with Crippen molar-refractivity contribution in [1.82, 2.24) is 20.2 Å². The Kier molecular flexibility index (Phi) is 4.70. The van der Waals surface area contributed by atoms with Gasteiger partial charge in [-0.3, -0.25) is 5.10 Å². The third kappa shape index (κ3) is 3.87. The van der Waals surface area contributed by atoms with Crippen LogP contribution in [0, 0.1) is 0 Å². The van der Waals surface area contributed by atoms with E-state index in [1.165, 1.54) is 11.3 Å². The molecule has 8 heteroatoms. The van der Waals surface area contributed by atoms with Crippen molar-refractivity contribution < 1.29 is 8.42 Å². The summed E-state index contributed by atoms with van der Waals surface area (Å²) in [5.41, 5.74) is 0.798. The predicted molar refractivity (Wildman–Crippen MR) is 74.3 cm³/mol. The first-order valence-corrected chi connectivity index (χ1v) is 8.23. The van der Waals surface area contributed by atoms with Gasteiger partial charge in [-0.15, -0.1) is 11.3 Å². The molecule has 104 valence electrons. The number of rotatable bonds is 7. The van der Waals surface area contributed by atoms with Crippen LogP contribution in [0.4, 0.5) is 0 Å². The maximum Gasteiger partial charge on any atom is 0.241 e. The third-order valence-electron chi connectivity index (χ3n) is 2.51. The first-order valence-electron chi connectivity index (χ1n) is 5.87. The van der Waals surface area contributed by atoms with Crippen molar-refractivity contribution in [2.24, 2.45) is 0 Å². The number of aromatic nitrogens is 2. The smallest absolute Gasteiger partial charge is 0.241 e. The highest BCUT2D eigenvalue weighted by atomic mass is 32.2. The maximum atomic E-state index is 12.1. The zero-order chi connectivity index (χ0) is 13.7. The molecule has 0 bridgehead atoms. The molecule has 0 fully saturated rings. The SMILES string of the molecule is CCNCc1cc(S(=O)(=O)NCc2cn[nH]c2)cs1. The molecule has 0 saturated heterocycles. The summed E-state index contributed by atoms with van der Waals surface area (Å²) >= 11 is 1.44. The Bertz CT molecular complexity index is 604. The molecule has 0 aliphatic heterocycles. The Morgan fingerprint density at radius 2 is 2.26 bits per heavy atom. The van der Waals surface area contributed by atoms with Gasteiger partial charge in [0.05, 0.1) is 11.1 Å². The molecule has 2 heterocycles. The van der Waals surface area contributed by atoms with E-state index < -0.39 is 10.0 Å². The van der Waals surface area contributed by atoms with Gasteiger partial charge in [0.15, 0.2) is 0 Å². The van der Waals surface area contributed by atoms with E-state index in [0.717, 1.165) is 17.0 Å². The van der Waals surface area contributed by atoms with E-state index in [1.54, 1.807) is 23.8 Å². The van der Waals surface area contributed by atoms with Crippen molar-refractivity contribution in [1.29, 1.82) is 0 Å². The van der Waals surface area contributed by atoms with Crippen molar-refractivity contribution in [3.8, 4) is 0 Å². The van der Waals surface area contributed by atoms with E-state index >= 15 is 0 Å². The van der Waals surface area contributed by atoms with Crippen LogP contribution in [-0.2, 0) is 23.1 Å². The lowest BCUT2D eigenvalue weighted by molar-refractivity contribution is 0.581. The number of nitrogens with one attached hydrogen (secondary N) is 3. The van der Waals surface area contributed by atoms with Crippen LogP contribution in [0.15, 0.2) is 28.7 Å². The van der Waals surface area contributed by atoms with Crippen molar-refractivity contribution in [3.05, 3.63) is 34.3 Å². The Morgan fingerprint density at radius 3 is 2.95 bits per heavy atom. The quantitative estimate of drug-likeness (QED) is 0.713. The van der Waals surface area contributed by atoms with Gasteiger partial charge in [-0.1, -0.05) is 6.92 Å². The predicted octanol–water partition coefficient (Wildman–Crippen LogP) is 1.06. The molecule has 0 aliphatic carbocycles. The number of hydrogen-bond donors (Lipinski definition) is 3. The topological polar surface area (TPSA) is 86.9 Å². The standard InChI is InChI=1S/C11H16N4O2S2/c1-2-12-7-10-3-11(8-18-10)19(16,17)15-6-9-4-13-14-5-9/h3-5,8,12,15H,2,6-7H2,1H3,(H,13,14). The molecule has 0 atom stereocenters. The molecule has 0 radical (unpaired) electrons. The minimum Gasteiger partial charge on any atom is -0.312 e. The van der Waals surface area contributed by atoms with Gasteiger partial charge in [0, 0.05) is 35.1 Å². The molecule has 19 heavy (non-hydrogen) atoms. The molecular formula is C11H16N4O2S2.